The molecule has 1 nitrogen and oxygen atoms in total. The number of rotatable bonds is 2. The molecule has 0 bridgehead atoms. The van der Waals surface area contributed by atoms with Gasteiger partial charge in [-0.1, -0.05) is 39.1 Å². The van der Waals surface area contributed by atoms with Crippen LogP contribution < -0.4 is 5.73 Å². The molecule has 0 aromatic heterocycles. The van der Waals surface area contributed by atoms with Crippen LogP contribution in [-0.2, 0) is 6.42 Å². The average Bonchev–Trinajstić information content (AvgIpc) is 2.01. The molecule has 66 valence electrons. The van der Waals surface area contributed by atoms with E-state index in [4.69, 9.17) is 28.9 Å². The van der Waals surface area contributed by atoms with E-state index in [-0.39, 0.29) is 0 Å². The first-order chi connectivity index (χ1) is 5.65. The van der Waals surface area contributed by atoms with Gasteiger partial charge in [-0.2, -0.15) is 0 Å². The Morgan fingerprint density at radius 1 is 1.25 bits per heavy atom. The first-order valence-electron chi connectivity index (χ1n) is 3.44. The molecule has 1 aromatic rings. The highest BCUT2D eigenvalue weighted by Crippen LogP contribution is 2.28. The summed E-state index contributed by atoms with van der Waals surface area (Å²) in [6.45, 7) is 0. The Labute approximate surface area is 90.0 Å². The SMILES string of the molecule is Nc1c(Cl)cc(CCBr)cc1Cl. The molecule has 0 unspecified atom stereocenters. The molecule has 0 saturated heterocycles. The Morgan fingerprint density at radius 2 is 1.75 bits per heavy atom. The highest BCUT2D eigenvalue weighted by molar-refractivity contribution is 9.09. The van der Waals surface area contributed by atoms with Crippen molar-refractivity contribution in [1.82, 2.24) is 0 Å². The Kier molecular flexibility index (Phi) is 3.69. The molecule has 0 saturated carbocycles. The third kappa shape index (κ3) is 2.28. The summed E-state index contributed by atoms with van der Waals surface area (Å²) in [6, 6.07) is 3.67. The van der Waals surface area contributed by atoms with E-state index in [9.17, 15) is 0 Å². The van der Waals surface area contributed by atoms with Gasteiger partial charge in [-0.15, -0.1) is 0 Å². The summed E-state index contributed by atoms with van der Waals surface area (Å²) >= 11 is 15.0. The van der Waals surface area contributed by atoms with E-state index in [1.807, 2.05) is 12.1 Å². The lowest BCUT2D eigenvalue weighted by Crippen LogP contribution is -1.92. The third-order valence-corrected chi connectivity index (χ3v) is 2.54. The molecule has 0 aliphatic carbocycles. The molecule has 0 radical (unpaired) electrons. The van der Waals surface area contributed by atoms with Crippen LogP contribution in [0.4, 0.5) is 5.69 Å². The summed E-state index contributed by atoms with van der Waals surface area (Å²) in [5.74, 6) is 0. The van der Waals surface area contributed by atoms with Crippen molar-refractivity contribution in [2.75, 3.05) is 11.1 Å². The standard InChI is InChI=1S/C8H8BrCl2N/c9-2-1-5-3-6(10)8(12)7(11)4-5/h3-4H,1-2,12H2. The summed E-state index contributed by atoms with van der Waals surface area (Å²) in [4.78, 5) is 0. The van der Waals surface area contributed by atoms with Crippen molar-refractivity contribution in [3.8, 4) is 0 Å². The number of nitrogens with two attached hydrogens (primary N) is 1. The van der Waals surface area contributed by atoms with Gasteiger partial charge in [0.25, 0.3) is 0 Å². The molecule has 0 aliphatic rings. The number of hydrogen-bond acceptors (Lipinski definition) is 1. The largest absolute Gasteiger partial charge is 0.396 e. The van der Waals surface area contributed by atoms with Crippen molar-refractivity contribution in [2.45, 2.75) is 6.42 Å². The second-order valence-electron chi connectivity index (χ2n) is 2.41. The van der Waals surface area contributed by atoms with Gasteiger partial charge in [0, 0.05) is 5.33 Å². The van der Waals surface area contributed by atoms with E-state index in [1.165, 1.54) is 0 Å². The minimum absolute atomic E-state index is 0.455. The maximum absolute atomic E-state index is 5.83. The lowest BCUT2D eigenvalue weighted by molar-refractivity contribution is 1.17. The number of halogens is 3. The highest BCUT2D eigenvalue weighted by atomic mass is 79.9. The fraction of sp³-hybridized carbons (Fsp3) is 0.250. The summed E-state index contributed by atoms with van der Waals surface area (Å²) in [7, 11) is 0. The van der Waals surface area contributed by atoms with Crippen LogP contribution in [0.5, 0.6) is 0 Å². The van der Waals surface area contributed by atoms with E-state index in [2.05, 4.69) is 15.9 Å². The second-order valence-corrected chi connectivity index (χ2v) is 4.02. The number of hydrogen-bond donors (Lipinski definition) is 1. The van der Waals surface area contributed by atoms with Crippen LogP contribution in [0.1, 0.15) is 5.56 Å². The topological polar surface area (TPSA) is 26.0 Å². The molecule has 0 heterocycles. The maximum Gasteiger partial charge on any atom is 0.0693 e. The van der Waals surface area contributed by atoms with Crippen LogP contribution in [0.15, 0.2) is 12.1 Å². The van der Waals surface area contributed by atoms with Gasteiger partial charge in [0.2, 0.25) is 0 Å². The van der Waals surface area contributed by atoms with Crippen molar-refractivity contribution >= 4 is 44.8 Å². The summed E-state index contributed by atoms with van der Waals surface area (Å²) in [6.07, 6.45) is 0.903. The molecule has 0 spiro atoms. The van der Waals surface area contributed by atoms with Gasteiger partial charge >= 0.3 is 0 Å². The zero-order valence-electron chi connectivity index (χ0n) is 6.28. The fourth-order valence-electron chi connectivity index (χ4n) is 0.890. The van der Waals surface area contributed by atoms with Crippen molar-refractivity contribution in [1.29, 1.82) is 0 Å². The van der Waals surface area contributed by atoms with Crippen LogP contribution in [-0.4, -0.2) is 5.33 Å². The zero-order chi connectivity index (χ0) is 9.14. The summed E-state index contributed by atoms with van der Waals surface area (Å²) < 4.78 is 0. The minimum atomic E-state index is 0.455. The van der Waals surface area contributed by atoms with Gasteiger partial charge in [-0.3, -0.25) is 0 Å². The second kappa shape index (κ2) is 4.35. The average molecular weight is 269 g/mol. The molecule has 12 heavy (non-hydrogen) atoms. The first-order valence-corrected chi connectivity index (χ1v) is 5.32. The van der Waals surface area contributed by atoms with Crippen molar-refractivity contribution in [3.05, 3.63) is 27.7 Å². The molecular weight excluding hydrogens is 261 g/mol. The zero-order valence-corrected chi connectivity index (χ0v) is 9.38. The number of aryl methyl sites for hydroxylation is 1. The van der Waals surface area contributed by atoms with Gasteiger partial charge in [0.15, 0.2) is 0 Å². The van der Waals surface area contributed by atoms with Crippen molar-refractivity contribution < 1.29 is 0 Å². The molecule has 0 atom stereocenters. The Balaban J connectivity index is 3.04. The molecule has 0 fully saturated rings. The van der Waals surface area contributed by atoms with Crippen LogP contribution in [0.25, 0.3) is 0 Å². The molecule has 0 amide bonds. The van der Waals surface area contributed by atoms with E-state index in [1.54, 1.807) is 0 Å². The number of alkyl halides is 1. The first kappa shape index (κ1) is 10.2. The van der Waals surface area contributed by atoms with Crippen molar-refractivity contribution in [3.63, 3.8) is 0 Å². The van der Waals surface area contributed by atoms with E-state index in [0.29, 0.717) is 15.7 Å². The Morgan fingerprint density at radius 3 is 2.17 bits per heavy atom. The molecular formula is C8H8BrCl2N. The van der Waals surface area contributed by atoms with Crippen LogP contribution in [0.2, 0.25) is 10.0 Å². The number of anilines is 1. The quantitative estimate of drug-likeness (QED) is 0.645. The number of nitrogen functional groups attached to an aromatic ring is 1. The van der Waals surface area contributed by atoms with Crippen LogP contribution >= 0.6 is 39.1 Å². The molecule has 4 heteroatoms. The predicted molar refractivity (Wildman–Crippen MR) is 58.4 cm³/mol. The Hall–Kier alpha value is 0.0800. The lowest BCUT2D eigenvalue weighted by Gasteiger charge is -2.04. The van der Waals surface area contributed by atoms with Gasteiger partial charge in [-0.05, 0) is 24.1 Å². The smallest absolute Gasteiger partial charge is 0.0693 e. The third-order valence-electron chi connectivity index (χ3n) is 1.52. The normalized spacial score (nSPS) is 10.2. The van der Waals surface area contributed by atoms with Gasteiger partial charge in [0.05, 0.1) is 15.7 Å². The molecule has 0 aliphatic heterocycles. The summed E-state index contributed by atoms with van der Waals surface area (Å²) in [5, 5.41) is 1.95. The lowest BCUT2D eigenvalue weighted by atomic mass is 10.1. The summed E-state index contributed by atoms with van der Waals surface area (Å²) in [5.41, 5.74) is 7.12. The highest BCUT2D eigenvalue weighted by Gasteiger charge is 2.03. The van der Waals surface area contributed by atoms with E-state index < -0.39 is 0 Å². The monoisotopic (exact) mass is 267 g/mol. The maximum atomic E-state index is 5.83. The number of benzene rings is 1. The fourth-order valence-corrected chi connectivity index (χ4v) is 1.88. The van der Waals surface area contributed by atoms with Gasteiger partial charge in [0.1, 0.15) is 0 Å². The molecule has 1 aromatic carbocycles. The van der Waals surface area contributed by atoms with E-state index in [0.717, 1.165) is 17.3 Å². The van der Waals surface area contributed by atoms with Gasteiger partial charge in [-0.25, -0.2) is 0 Å². The molecule has 2 N–H and O–H groups in total. The Bertz CT molecular complexity index is 265. The molecule has 1 rings (SSSR count). The van der Waals surface area contributed by atoms with Crippen LogP contribution in [0, 0.1) is 0 Å². The van der Waals surface area contributed by atoms with Gasteiger partial charge < -0.3 is 5.73 Å². The predicted octanol–water partition coefficient (Wildman–Crippen LogP) is 3.51. The minimum Gasteiger partial charge on any atom is -0.396 e. The van der Waals surface area contributed by atoms with Crippen molar-refractivity contribution in [2.24, 2.45) is 0 Å². The van der Waals surface area contributed by atoms with E-state index >= 15 is 0 Å². The van der Waals surface area contributed by atoms with Crippen LogP contribution in [0.3, 0.4) is 0 Å².